The number of carbonyl (C=O) groups excluding carboxylic acids is 1. The molecule has 0 aromatic heterocycles. The van der Waals surface area contributed by atoms with E-state index in [1.165, 1.54) is 148 Å². The summed E-state index contributed by atoms with van der Waals surface area (Å²) >= 11 is 0. The zero-order chi connectivity index (χ0) is 32.4. The van der Waals surface area contributed by atoms with Gasteiger partial charge in [-0.1, -0.05) is 187 Å². The minimum absolute atomic E-state index is 0.0111. The van der Waals surface area contributed by atoms with Crippen LogP contribution in [0.1, 0.15) is 206 Å². The SMILES string of the molecule is CCCCCC/C=C\CC(O)CC(=O)NC(CO)C(O)CCCCCCCCCCCCCCCCCCCCCCCC. The van der Waals surface area contributed by atoms with Crippen LogP contribution in [0.25, 0.3) is 0 Å². The van der Waals surface area contributed by atoms with E-state index in [9.17, 15) is 20.1 Å². The van der Waals surface area contributed by atoms with Crippen molar-refractivity contribution in [1.29, 1.82) is 0 Å². The van der Waals surface area contributed by atoms with Gasteiger partial charge in [0.25, 0.3) is 0 Å². The summed E-state index contributed by atoms with van der Waals surface area (Å²) in [4.78, 5) is 12.3. The largest absolute Gasteiger partial charge is 0.394 e. The first-order valence-electron chi connectivity index (χ1n) is 19.5. The maximum atomic E-state index is 12.3. The van der Waals surface area contributed by atoms with Gasteiger partial charge in [-0.3, -0.25) is 4.79 Å². The Bertz CT molecular complexity index is 611. The number of unbranched alkanes of at least 4 members (excludes halogenated alkanes) is 25. The highest BCUT2D eigenvalue weighted by molar-refractivity contribution is 5.76. The Morgan fingerprint density at radius 3 is 1.36 bits per heavy atom. The summed E-state index contributed by atoms with van der Waals surface area (Å²) in [6.07, 6.45) is 39.2. The van der Waals surface area contributed by atoms with E-state index in [4.69, 9.17) is 0 Å². The number of nitrogens with one attached hydrogen (secondary N) is 1. The van der Waals surface area contributed by atoms with Gasteiger partial charge < -0.3 is 20.6 Å². The third-order valence-electron chi connectivity index (χ3n) is 9.08. The lowest BCUT2D eigenvalue weighted by Gasteiger charge is -2.23. The van der Waals surface area contributed by atoms with Gasteiger partial charge in [0.2, 0.25) is 5.91 Å². The third kappa shape index (κ3) is 31.1. The van der Waals surface area contributed by atoms with Crippen LogP contribution in [0.5, 0.6) is 0 Å². The van der Waals surface area contributed by atoms with Gasteiger partial charge in [-0.25, -0.2) is 0 Å². The summed E-state index contributed by atoms with van der Waals surface area (Å²) in [7, 11) is 0. The molecule has 0 aromatic rings. The molecule has 0 heterocycles. The van der Waals surface area contributed by atoms with Crippen molar-refractivity contribution < 1.29 is 20.1 Å². The van der Waals surface area contributed by atoms with E-state index >= 15 is 0 Å². The molecule has 0 aliphatic heterocycles. The first kappa shape index (κ1) is 43.1. The molecule has 262 valence electrons. The smallest absolute Gasteiger partial charge is 0.222 e. The summed E-state index contributed by atoms with van der Waals surface area (Å²) in [5.41, 5.74) is 0. The van der Waals surface area contributed by atoms with Gasteiger partial charge in [0.1, 0.15) is 0 Å². The molecule has 3 unspecified atom stereocenters. The Morgan fingerprint density at radius 2 is 0.955 bits per heavy atom. The molecular formula is C39H77NO4. The molecule has 0 aliphatic carbocycles. The maximum Gasteiger partial charge on any atom is 0.222 e. The van der Waals surface area contributed by atoms with Crippen molar-refractivity contribution in [3.05, 3.63) is 12.2 Å². The van der Waals surface area contributed by atoms with E-state index in [0.717, 1.165) is 25.7 Å². The molecule has 0 rings (SSSR count). The van der Waals surface area contributed by atoms with Gasteiger partial charge in [-0.05, 0) is 25.7 Å². The lowest BCUT2D eigenvalue weighted by atomic mass is 10.0. The molecule has 4 N–H and O–H groups in total. The minimum Gasteiger partial charge on any atom is -0.394 e. The molecule has 44 heavy (non-hydrogen) atoms. The van der Waals surface area contributed by atoms with Crippen molar-refractivity contribution in [2.24, 2.45) is 0 Å². The van der Waals surface area contributed by atoms with Gasteiger partial charge >= 0.3 is 0 Å². The molecule has 0 aromatic carbocycles. The summed E-state index contributed by atoms with van der Waals surface area (Å²) in [5, 5.41) is 33.0. The van der Waals surface area contributed by atoms with Crippen molar-refractivity contribution in [1.82, 2.24) is 5.32 Å². The Kier molecular flexibility index (Phi) is 34.2. The number of hydrogen-bond acceptors (Lipinski definition) is 4. The van der Waals surface area contributed by atoms with Crippen LogP contribution in [0.15, 0.2) is 12.2 Å². The normalized spacial score (nSPS) is 13.8. The van der Waals surface area contributed by atoms with Crippen LogP contribution >= 0.6 is 0 Å². The van der Waals surface area contributed by atoms with Crippen molar-refractivity contribution in [3.8, 4) is 0 Å². The predicted molar refractivity (Wildman–Crippen MR) is 190 cm³/mol. The van der Waals surface area contributed by atoms with E-state index in [1.807, 2.05) is 6.08 Å². The number of allylic oxidation sites excluding steroid dienone is 1. The van der Waals surface area contributed by atoms with E-state index in [-0.39, 0.29) is 18.9 Å². The number of amides is 1. The molecule has 3 atom stereocenters. The van der Waals surface area contributed by atoms with E-state index in [0.29, 0.717) is 12.8 Å². The molecule has 0 bridgehead atoms. The van der Waals surface area contributed by atoms with Crippen LogP contribution in [-0.2, 0) is 4.79 Å². The van der Waals surface area contributed by atoms with Gasteiger partial charge in [0, 0.05) is 0 Å². The van der Waals surface area contributed by atoms with Gasteiger partial charge in [0.15, 0.2) is 0 Å². The second-order valence-corrected chi connectivity index (χ2v) is 13.6. The van der Waals surface area contributed by atoms with E-state index < -0.39 is 18.2 Å². The van der Waals surface area contributed by atoms with Crippen LogP contribution in [0.2, 0.25) is 0 Å². The predicted octanol–water partition coefficient (Wildman–Crippen LogP) is 10.5. The number of aliphatic hydroxyl groups is 3. The molecule has 0 spiro atoms. The molecule has 0 saturated carbocycles. The zero-order valence-corrected chi connectivity index (χ0v) is 29.6. The minimum atomic E-state index is -0.755. The Balaban J connectivity index is 3.56. The van der Waals surface area contributed by atoms with Crippen molar-refractivity contribution in [3.63, 3.8) is 0 Å². The van der Waals surface area contributed by atoms with Crippen LogP contribution < -0.4 is 5.32 Å². The fourth-order valence-corrected chi connectivity index (χ4v) is 6.05. The van der Waals surface area contributed by atoms with Crippen LogP contribution in [-0.4, -0.2) is 46.1 Å². The monoisotopic (exact) mass is 624 g/mol. The number of carbonyl (C=O) groups is 1. The molecule has 5 heteroatoms. The van der Waals surface area contributed by atoms with Crippen LogP contribution in [0.3, 0.4) is 0 Å². The molecular weight excluding hydrogens is 546 g/mol. The highest BCUT2D eigenvalue weighted by Gasteiger charge is 2.21. The van der Waals surface area contributed by atoms with E-state index in [2.05, 4.69) is 25.2 Å². The van der Waals surface area contributed by atoms with Crippen LogP contribution in [0.4, 0.5) is 0 Å². The lowest BCUT2D eigenvalue weighted by molar-refractivity contribution is -0.125. The molecule has 1 amide bonds. The number of hydrogen-bond donors (Lipinski definition) is 4. The first-order valence-corrected chi connectivity index (χ1v) is 19.5. The highest BCUT2D eigenvalue weighted by atomic mass is 16.3. The standard InChI is InChI=1S/C39H77NO4/c1-3-5-7-9-11-12-13-14-15-16-17-18-19-20-21-22-23-24-25-27-29-31-33-38(43)37(35-41)40-39(44)34-36(42)32-30-28-26-10-8-6-4-2/h28,30,36-38,41-43H,3-27,29,31-35H2,1-2H3,(H,40,44)/b30-28-. The zero-order valence-electron chi connectivity index (χ0n) is 29.6. The maximum absolute atomic E-state index is 12.3. The van der Waals surface area contributed by atoms with Crippen molar-refractivity contribution >= 4 is 5.91 Å². The molecule has 0 aliphatic rings. The third-order valence-corrected chi connectivity index (χ3v) is 9.08. The summed E-state index contributed by atoms with van der Waals surface area (Å²) in [6, 6.07) is -0.668. The number of aliphatic hydroxyl groups excluding tert-OH is 3. The summed E-state index contributed by atoms with van der Waals surface area (Å²) in [5.74, 6) is -0.318. The van der Waals surface area contributed by atoms with Gasteiger partial charge in [0.05, 0.1) is 31.3 Å². The second-order valence-electron chi connectivity index (χ2n) is 13.6. The average molecular weight is 624 g/mol. The van der Waals surface area contributed by atoms with E-state index in [1.54, 1.807) is 0 Å². The molecule has 0 radical (unpaired) electrons. The molecule has 5 nitrogen and oxygen atoms in total. The first-order chi connectivity index (χ1) is 21.5. The van der Waals surface area contributed by atoms with Gasteiger partial charge in [-0.15, -0.1) is 0 Å². The quantitative estimate of drug-likeness (QED) is 0.0418. The average Bonchev–Trinajstić information content (AvgIpc) is 3.01. The number of rotatable bonds is 35. The topological polar surface area (TPSA) is 89.8 Å². The fraction of sp³-hybridized carbons (Fsp3) is 0.923. The second kappa shape index (κ2) is 35.0. The molecule has 0 saturated heterocycles. The fourth-order valence-electron chi connectivity index (χ4n) is 6.05. The van der Waals surface area contributed by atoms with Gasteiger partial charge in [-0.2, -0.15) is 0 Å². The summed E-state index contributed by atoms with van der Waals surface area (Å²) < 4.78 is 0. The Morgan fingerprint density at radius 1 is 0.568 bits per heavy atom. The van der Waals surface area contributed by atoms with Crippen LogP contribution in [0, 0.1) is 0 Å². The summed E-state index contributed by atoms with van der Waals surface area (Å²) in [6.45, 7) is 4.19. The highest BCUT2D eigenvalue weighted by Crippen LogP contribution is 2.16. The Labute approximate surface area is 274 Å². The van der Waals surface area contributed by atoms with Crippen molar-refractivity contribution in [2.75, 3.05) is 6.61 Å². The lowest BCUT2D eigenvalue weighted by Crippen LogP contribution is -2.46. The molecule has 0 fully saturated rings. The van der Waals surface area contributed by atoms with Crippen molar-refractivity contribution in [2.45, 2.75) is 225 Å². The Hall–Kier alpha value is -0.910.